The number of aromatic nitrogens is 1. The molecular weight excluding hydrogens is 286 g/mol. The molecule has 0 aliphatic carbocycles. The van der Waals surface area contributed by atoms with Crippen LogP contribution in [0.5, 0.6) is 0 Å². The van der Waals surface area contributed by atoms with E-state index in [-0.39, 0.29) is 17.0 Å². The zero-order valence-electron chi connectivity index (χ0n) is 11.7. The van der Waals surface area contributed by atoms with Gasteiger partial charge in [-0.1, -0.05) is 37.6 Å². The maximum atomic E-state index is 12.3. The molecule has 0 atom stereocenters. The number of pyridine rings is 1. The molecule has 1 aromatic heterocycles. The molecule has 0 unspecified atom stereocenters. The molecule has 1 heterocycles. The van der Waals surface area contributed by atoms with Crippen molar-refractivity contribution in [2.45, 2.75) is 19.8 Å². The Balaban J connectivity index is 2.31. The highest BCUT2D eigenvalue weighted by molar-refractivity contribution is 6.29. The zero-order chi connectivity index (χ0) is 15.4. The molecule has 0 spiro atoms. The van der Waals surface area contributed by atoms with Gasteiger partial charge in [0.25, 0.3) is 5.91 Å². The molecule has 5 heteroatoms. The first-order valence-electron chi connectivity index (χ1n) is 6.49. The lowest BCUT2D eigenvalue weighted by Gasteiger charge is -2.10. The maximum Gasteiger partial charge on any atom is 0.255 e. The largest absolute Gasteiger partial charge is 0.321 e. The topological polar surface area (TPSA) is 65.8 Å². The van der Waals surface area contributed by atoms with Crippen molar-refractivity contribution >= 4 is 23.2 Å². The van der Waals surface area contributed by atoms with Gasteiger partial charge >= 0.3 is 0 Å². The first-order chi connectivity index (χ1) is 10.0. The molecule has 0 aliphatic heterocycles. The summed E-state index contributed by atoms with van der Waals surface area (Å²) in [6.45, 7) is 3.96. The number of rotatable bonds is 3. The predicted octanol–water partition coefficient (Wildman–Crippen LogP) is 3.98. The summed E-state index contributed by atoms with van der Waals surface area (Å²) in [7, 11) is 0. The van der Waals surface area contributed by atoms with Gasteiger partial charge in [0.1, 0.15) is 11.2 Å². The normalized spacial score (nSPS) is 10.2. The molecule has 0 saturated carbocycles. The third-order valence-corrected chi connectivity index (χ3v) is 3.16. The standard InChI is InChI=1S/C16H14ClN3O/c1-10(2)14-7-12(8-15(17)19-14)16(21)20-13-6-4-3-5-11(13)9-18/h3-8,10H,1-2H3,(H,20,21). The van der Waals surface area contributed by atoms with E-state index in [9.17, 15) is 4.79 Å². The van der Waals surface area contributed by atoms with E-state index in [0.717, 1.165) is 5.69 Å². The number of hydrogen-bond acceptors (Lipinski definition) is 3. The van der Waals surface area contributed by atoms with Crippen LogP contribution in [0.1, 0.15) is 41.4 Å². The number of nitriles is 1. The summed E-state index contributed by atoms with van der Waals surface area (Å²) in [6.07, 6.45) is 0. The lowest BCUT2D eigenvalue weighted by molar-refractivity contribution is 0.102. The van der Waals surface area contributed by atoms with Gasteiger partial charge in [0.2, 0.25) is 0 Å². The SMILES string of the molecule is CC(C)c1cc(C(=O)Nc2ccccc2C#N)cc(Cl)n1. The van der Waals surface area contributed by atoms with Gasteiger partial charge in [-0.05, 0) is 30.2 Å². The Labute approximate surface area is 128 Å². The fraction of sp³-hybridized carbons (Fsp3) is 0.188. The number of nitrogens with one attached hydrogen (secondary N) is 1. The summed E-state index contributed by atoms with van der Waals surface area (Å²) in [5.74, 6) is -0.148. The summed E-state index contributed by atoms with van der Waals surface area (Å²) in [5, 5.41) is 12.0. The summed E-state index contributed by atoms with van der Waals surface area (Å²) in [6, 6.07) is 12.1. The van der Waals surface area contributed by atoms with E-state index in [1.807, 2.05) is 19.9 Å². The number of hydrogen-bond donors (Lipinski definition) is 1. The van der Waals surface area contributed by atoms with Crippen molar-refractivity contribution in [2.24, 2.45) is 0 Å². The molecule has 0 radical (unpaired) electrons. The highest BCUT2D eigenvalue weighted by atomic mass is 35.5. The predicted molar refractivity (Wildman–Crippen MR) is 82.4 cm³/mol. The van der Waals surface area contributed by atoms with E-state index in [0.29, 0.717) is 16.8 Å². The fourth-order valence-corrected chi connectivity index (χ4v) is 2.04. The molecule has 4 nitrogen and oxygen atoms in total. The zero-order valence-corrected chi connectivity index (χ0v) is 12.5. The van der Waals surface area contributed by atoms with E-state index in [4.69, 9.17) is 16.9 Å². The number of para-hydroxylation sites is 1. The number of nitrogens with zero attached hydrogens (tertiary/aromatic N) is 2. The Kier molecular flexibility index (Phi) is 4.56. The lowest BCUT2D eigenvalue weighted by atomic mass is 10.1. The number of halogens is 1. The number of carbonyl (C=O) groups is 1. The second kappa shape index (κ2) is 6.38. The number of anilines is 1. The molecule has 0 fully saturated rings. The van der Waals surface area contributed by atoms with Crippen LogP contribution in [-0.4, -0.2) is 10.9 Å². The van der Waals surface area contributed by atoms with Gasteiger partial charge in [-0.2, -0.15) is 5.26 Å². The summed E-state index contributed by atoms with van der Waals surface area (Å²) in [5.41, 5.74) is 2.06. The minimum Gasteiger partial charge on any atom is -0.321 e. The van der Waals surface area contributed by atoms with Crippen molar-refractivity contribution in [1.82, 2.24) is 4.98 Å². The Bertz CT molecular complexity index is 720. The van der Waals surface area contributed by atoms with Gasteiger partial charge in [0.05, 0.1) is 11.3 Å². The van der Waals surface area contributed by atoms with Crippen LogP contribution in [0.3, 0.4) is 0 Å². The molecule has 106 valence electrons. The van der Waals surface area contributed by atoms with Crippen molar-refractivity contribution in [3.63, 3.8) is 0 Å². The second-order valence-electron chi connectivity index (χ2n) is 4.87. The molecule has 1 aromatic carbocycles. The van der Waals surface area contributed by atoms with Crippen LogP contribution >= 0.6 is 11.6 Å². The lowest BCUT2D eigenvalue weighted by Crippen LogP contribution is -2.14. The van der Waals surface area contributed by atoms with Crippen LogP contribution in [0, 0.1) is 11.3 Å². The molecular formula is C16H14ClN3O. The van der Waals surface area contributed by atoms with Crippen LogP contribution in [0.25, 0.3) is 0 Å². The number of amides is 1. The van der Waals surface area contributed by atoms with Crippen LogP contribution in [0.15, 0.2) is 36.4 Å². The third kappa shape index (κ3) is 3.59. The summed E-state index contributed by atoms with van der Waals surface area (Å²) < 4.78 is 0. The molecule has 1 N–H and O–H groups in total. The minimum absolute atomic E-state index is 0.168. The Morgan fingerprint density at radius 3 is 2.71 bits per heavy atom. The van der Waals surface area contributed by atoms with E-state index in [1.54, 1.807) is 30.3 Å². The highest BCUT2D eigenvalue weighted by Gasteiger charge is 2.12. The van der Waals surface area contributed by atoms with E-state index < -0.39 is 0 Å². The Morgan fingerprint density at radius 2 is 2.05 bits per heavy atom. The van der Waals surface area contributed by atoms with E-state index in [1.165, 1.54) is 6.07 Å². The van der Waals surface area contributed by atoms with Crippen LogP contribution in [0.4, 0.5) is 5.69 Å². The van der Waals surface area contributed by atoms with Gasteiger partial charge in [-0.15, -0.1) is 0 Å². The Hall–Kier alpha value is -2.38. The molecule has 1 amide bonds. The smallest absolute Gasteiger partial charge is 0.255 e. The first kappa shape index (κ1) is 15.0. The quantitative estimate of drug-likeness (QED) is 0.872. The van der Waals surface area contributed by atoms with Gasteiger partial charge in [0.15, 0.2) is 0 Å². The molecule has 0 saturated heterocycles. The van der Waals surface area contributed by atoms with Crippen molar-refractivity contribution in [3.8, 4) is 6.07 Å². The number of carbonyl (C=O) groups excluding carboxylic acids is 1. The number of benzene rings is 1. The highest BCUT2D eigenvalue weighted by Crippen LogP contribution is 2.20. The molecule has 21 heavy (non-hydrogen) atoms. The first-order valence-corrected chi connectivity index (χ1v) is 6.87. The van der Waals surface area contributed by atoms with Gasteiger partial charge in [-0.3, -0.25) is 4.79 Å². The van der Waals surface area contributed by atoms with Crippen molar-refractivity contribution in [1.29, 1.82) is 5.26 Å². The molecule has 0 bridgehead atoms. The maximum absolute atomic E-state index is 12.3. The Morgan fingerprint density at radius 1 is 1.33 bits per heavy atom. The molecule has 2 aromatic rings. The molecule has 0 aliphatic rings. The van der Waals surface area contributed by atoms with Crippen molar-refractivity contribution < 1.29 is 4.79 Å². The van der Waals surface area contributed by atoms with Crippen LogP contribution in [0.2, 0.25) is 5.15 Å². The van der Waals surface area contributed by atoms with Gasteiger partial charge in [-0.25, -0.2) is 4.98 Å². The van der Waals surface area contributed by atoms with Gasteiger partial charge < -0.3 is 5.32 Å². The fourth-order valence-electron chi connectivity index (χ4n) is 1.83. The average Bonchev–Trinajstić information content (AvgIpc) is 2.47. The monoisotopic (exact) mass is 299 g/mol. The average molecular weight is 300 g/mol. The van der Waals surface area contributed by atoms with Crippen molar-refractivity contribution in [2.75, 3.05) is 5.32 Å². The minimum atomic E-state index is -0.316. The van der Waals surface area contributed by atoms with Crippen LogP contribution in [-0.2, 0) is 0 Å². The third-order valence-electron chi connectivity index (χ3n) is 2.96. The molecule has 2 rings (SSSR count). The summed E-state index contributed by atoms with van der Waals surface area (Å²) in [4.78, 5) is 16.5. The van der Waals surface area contributed by atoms with E-state index >= 15 is 0 Å². The second-order valence-corrected chi connectivity index (χ2v) is 5.26. The van der Waals surface area contributed by atoms with Crippen molar-refractivity contribution in [3.05, 3.63) is 58.4 Å². The van der Waals surface area contributed by atoms with Gasteiger partial charge in [0, 0.05) is 11.3 Å². The van der Waals surface area contributed by atoms with Crippen LogP contribution < -0.4 is 5.32 Å². The van der Waals surface area contributed by atoms with E-state index in [2.05, 4.69) is 10.3 Å². The summed E-state index contributed by atoms with van der Waals surface area (Å²) >= 11 is 5.96.